The minimum absolute atomic E-state index is 0.0513. The Balaban J connectivity index is 1.61. The van der Waals surface area contributed by atoms with Gasteiger partial charge in [0.05, 0.1) is 12.8 Å². The van der Waals surface area contributed by atoms with Gasteiger partial charge < -0.3 is 14.6 Å². The van der Waals surface area contributed by atoms with Crippen molar-refractivity contribution in [1.82, 2.24) is 10.5 Å². The minimum atomic E-state index is -0.858. The van der Waals surface area contributed by atoms with Crippen LogP contribution in [0.15, 0.2) is 40.9 Å². The van der Waals surface area contributed by atoms with Crippen molar-refractivity contribution in [3.63, 3.8) is 0 Å². The number of nitrogens with zero attached hydrogens (tertiary/aromatic N) is 1. The Hall–Kier alpha value is -2.63. The van der Waals surface area contributed by atoms with E-state index in [1.54, 1.807) is 0 Å². The van der Waals surface area contributed by atoms with Crippen LogP contribution in [0.5, 0.6) is 0 Å². The van der Waals surface area contributed by atoms with Gasteiger partial charge in [-0.3, -0.25) is 4.79 Å². The zero-order chi connectivity index (χ0) is 18.0. The Morgan fingerprint density at radius 1 is 1.32 bits per heavy atom. The van der Waals surface area contributed by atoms with Gasteiger partial charge in [-0.2, -0.15) is 0 Å². The third-order valence-corrected chi connectivity index (χ3v) is 5.22. The molecule has 132 valence electrons. The van der Waals surface area contributed by atoms with E-state index in [9.17, 15) is 9.59 Å². The summed E-state index contributed by atoms with van der Waals surface area (Å²) < 4.78 is 9.89. The molecule has 0 bridgehead atoms. The molecule has 1 aromatic heterocycles. The lowest BCUT2D eigenvalue weighted by molar-refractivity contribution is -0.154. The van der Waals surface area contributed by atoms with E-state index in [1.165, 1.54) is 7.11 Å². The van der Waals surface area contributed by atoms with E-state index in [1.807, 2.05) is 36.4 Å². The Morgan fingerprint density at radius 3 is 2.68 bits per heavy atom. The lowest BCUT2D eigenvalue weighted by Crippen LogP contribution is -2.59. The largest absolute Gasteiger partial charge is 0.462 e. The van der Waals surface area contributed by atoms with Gasteiger partial charge in [0.1, 0.15) is 0 Å². The number of ether oxygens (including phenoxy) is 1. The first-order valence-electron chi connectivity index (χ1n) is 8.31. The zero-order valence-electron chi connectivity index (χ0n) is 14.6. The second kappa shape index (κ2) is 6.70. The van der Waals surface area contributed by atoms with Crippen molar-refractivity contribution in [2.75, 3.05) is 7.11 Å². The molecule has 2 atom stereocenters. The molecule has 25 heavy (non-hydrogen) atoms. The summed E-state index contributed by atoms with van der Waals surface area (Å²) in [5, 5.41) is 6.92. The zero-order valence-corrected chi connectivity index (χ0v) is 14.6. The Labute approximate surface area is 146 Å². The van der Waals surface area contributed by atoms with Crippen LogP contribution in [0, 0.1) is 11.3 Å². The number of hydrogen-bond donors (Lipinski definition) is 1. The molecule has 1 aliphatic rings. The summed E-state index contributed by atoms with van der Waals surface area (Å²) in [7, 11) is 1.20. The molecule has 6 heteroatoms. The van der Waals surface area contributed by atoms with Crippen LogP contribution in [-0.2, 0) is 20.7 Å². The van der Waals surface area contributed by atoms with Crippen molar-refractivity contribution in [3.8, 4) is 11.3 Å². The average Bonchev–Trinajstić information content (AvgIpc) is 3.09. The maximum Gasteiger partial charge on any atom is 0.396 e. The highest BCUT2D eigenvalue weighted by Gasteiger charge is 2.49. The number of hydrogen-bond acceptors (Lipinski definition) is 5. The average molecular weight is 342 g/mol. The summed E-state index contributed by atoms with van der Waals surface area (Å²) >= 11 is 0. The molecule has 1 fully saturated rings. The fourth-order valence-electron chi connectivity index (χ4n) is 3.32. The molecule has 1 amide bonds. The van der Waals surface area contributed by atoms with Gasteiger partial charge in [0.15, 0.2) is 5.76 Å². The van der Waals surface area contributed by atoms with Crippen LogP contribution >= 0.6 is 0 Å². The van der Waals surface area contributed by atoms with Gasteiger partial charge in [0, 0.05) is 17.7 Å². The second-order valence-electron chi connectivity index (χ2n) is 7.02. The van der Waals surface area contributed by atoms with Gasteiger partial charge >= 0.3 is 11.9 Å². The van der Waals surface area contributed by atoms with Crippen molar-refractivity contribution < 1.29 is 18.8 Å². The molecule has 0 radical (unpaired) electrons. The van der Waals surface area contributed by atoms with E-state index in [4.69, 9.17) is 4.52 Å². The molecule has 3 rings (SSSR count). The summed E-state index contributed by atoms with van der Waals surface area (Å²) in [5.41, 5.74) is 1.77. The van der Waals surface area contributed by atoms with Crippen LogP contribution in [0.2, 0.25) is 0 Å². The first-order valence-corrected chi connectivity index (χ1v) is 8.31. The maximum absolute atomic E-state index is 11.7. The second-order valence-corrected chi connectivity index (χ2v) is 7.02. The number of amides is 1. The molecule has 1 heterocycles. The van der Waals surface area contributed by atoms with Crippen LogP contribution in [0.3, 0.4) is 0 Å². The van der Waals surface area contributed by atoms with Crippen LogP contribution in [0.1, 0.15) is 26.0 Å². The quantitative estimate of drug-likeness (QED) is 0.682. The Kier molecular flexibility index (Phi) is 4.61. The molecule has 6 nitrogen and oxygen atoms in total. The van der Waals surface area contributed by atoms with Crippen LogP contribution in [0.25, 0.3) is 11.3 Å². The van der Waals surface area contributed by atoms with Crippen molar-refractivity contribution >= 4 is 11.9 Å². The summed E-state index contributed by atoms with van der Waals surface area (Å²) in [5.74, 6) is -0.442. The predicted molar refractivity (Wildman–Crippen MR) is 91.5 cm³/mol. The Bertz CT molecular complexity index is 767. The van der Waals surface area contributed by atoms with Gasteiger partial charge in [0.25, 0.3) is 0 Å². The van der Waals surface area contributed by atoms with Crippen molar-refractivity contribution in [2.24, 2.45) is 11.3 Å². The number of methoxy groups -OCH3 is 1. The smallest absolute Gasteiger partial charge is 0.396 e. The van der Waals surface area contributed by atoms with E-state index in [2.05, 4.69) is 29.1 Å². The number of esters is 1. The van der Waals surface area contributed by atoms with Gasteiger partial charge in [-0.1, -0.05) is 49.3 Å². The van der Waals surface area contributed by atoms with Crippen molar-refractivity contribution in [1.29, 1.82) is 0 Å². The number of carbonyl (C=O) groups is 2. The molecule has 0 spiro atoms. The van der Waals surface area contributed by atoms with E-state index in [-0.39, 0.29) is 11.5 Å². The van der Waals surface area contributed by atoms with Crippen LogP contribution < -0.4 is 5.32 Å². The summed E-state index contributed by atoms with van der Waals surface area (Å²) in [6, 6.07) is 11.8. The van der Waals surface area contributed by atoms with E-state index < -0.39 is 11.9 Å². The van der Waals surface area contributed by atoms with Crippen molar-refractivity contribution in [2.45, 2.75) is 32.7 Å². The predicted octanol–water partition coefficient (Wildman–Crippen LogP) is 2.59. The lowest BCUT2D eigenvalue weighted by atomic mass is 9.57. The highest BCUT2D eigenvalue weighted by atomic mass is 16.5. The van der Waals surface area contributed by atoms with Crippen molar-refractivity contribution in [3.05, 3.63) is 42.1 Å². The SMILES string of the molecule is COC(=O)C(=O)NC1CC(Cc2cc(-c3ccccc3)on2)C1(C)C. The fraction of sp³-hybridized carbons (Fsp3) is 0.421. The Morgan fingerprint density at radius 2 is 2.04 bits per heavy atom. The fourth-order valence-corrected chi connectivity index (χ4v) is 3.32. The molecular formula is C19H22N2O4. The first-order chi connectivity index (χ1) is 11.9. The van der Waals surface area contributed by atoms with Gasteiger partial charge in [-0.15, -0.1) is 0 Å². The normalized spacial score (nSPS) is 21.2. The molecule has 1 aliphatic carbocycles. The minimum Gasteiger partial charge on any atom is -0.462 e. The third-order valence-electron chi connectivity index (χ3n) is 5.22. The van der Waals surface area contributed by atoms with E-state index in [0.717, 1.165) is 29.9 Å². The third kappa shape index (κ3) is 3.43. The maximum atomic E-state index is 11.7. The molecular weight excluding hydrogens is 320 g/mol. The molecule has 2 unspecified atom stereocenters. The van der Waals surface area contributed by atoms with Gasteiger partial charge in [-0.25, -0.2) is 4.79 Å². The number of benzene rings is 1. The van der Waals surface area contributed by atoms with Gasteiger partial charge in [0.2, 0.25) is 0 Å². The monoisotopic (exact) mass is 342 g/mol. The molecule has 1 saturated carbocycles. The van der Waals surface area contributed by atoms with Gasteiger partial charge in [-0.05, 0) is 24.2 Å². The number of nitrogens with one attached hydrogen (secondary N) is 1. The van der Waals surface area contributed by atoms with E-state index >= 15 is 0 Å². The number of rotatable bonds is 4. The van der Waals surface area contributed by atoms with Crippen LogP contribution in [0.4, 0.5) is 0 Å². The molecule has 2 aromatic rings. The highest BCUT2D eigenvalue weighted by molar-refractivity contribution is 6.32. The highest BCUT2D eigenvalue weighted by Crippen LogP contribution is 2.47. The molecule has 0 aliphatic heterocycles. The topological polar surface area (TPSA) is 81.4 Å². The summed E-state index contributed by atoms with van der Waals surface area (Å²) in [6.45, 7) is 4.17. The lowest BCUT2D eigenvalue weighted by Gasteiger charge is -2.52. The standard InChI is InChI=1S/C19H22N2O4/c1-19(2)13(10-16(19)20-17(22)18(23)24-3)9-14-11-15(25-21-14)12-7-5-4-6-8-12/h4-8,11,13,16H,9-10H2,1-3H3,(H,20,22). The van der Waals surface area contributed by atoms with Crippen LogP contribution in [-0.4, -0.2) is 30.2 Å². The summed E-state index contributed by atoms with van der Waals surface area (Å²) in [6.07, 6.45) is 1.57. The summed E-state index contributed by atoms with van der Waals surface area (Å²) in [4.78, 5) is 22.9. The molecule has 0 saturated heterocycles. The molecule has 1 N–H and O–H groups in total. The number of carbonyl (C=O) groups excluding carboxylic acids is 2. The first kappa shape index (κ1) is 17.2. The van der Waals surface area contributed by atoms with E-state index in [0.29, 0.717) is 5.92 Å². The molecule has 1 aromatic carbocycles. The number of aromatic nitrogens is 1.